The normalized spacial score (nSPS) is 10.0. The average molecular weight is 344 g/mol. The summed E-state index contributed by atoms with van der Waals surface area (Å²) in [4.78, 5) is 35.1. The highest BCUT2D eigenvalue weighted by atomic mass is 19.1. The maximum absolute atomic E-state index is 13.0. The van der Waals surface area contributed by atoms with Gasteiger partial charge in [-0.25, -0.2) is 4.39 Å². The Labute approximate surface area is 144 Å². The number of esters is 1. The Bertz CT molecular complexity index is 792. The molecule has 0 aliphatic heterocycles. The molecular formula is C18H17FN2O4. The van der Waals surface area contributed by atoms with Gasteiger partial charge in [0.05, 0.1) is 0 Å². The minimum Gasteiger partial charge on any atom is -0.454 e. The third-order valence-electron chi connectivity index (χ3n) is 3.15. The molecule has 130 valence electrons. The molecule has 2 aromatic rings. The summed E-state index contributed by atoms with van der Waals surface area (Å²) >= 11 is 0. The van der Waals surface area contributed by atoms with Crippen molar-refractivity contribution in [3.8, 4) is 0 Å². The highest BCUT2D eigenvalue weighted by Crippen LogP contribution is 2.08. The molecule has 0 saturated heterocycles. The van der Waals surface area contributed by atoms with E-state index in [2.05, 4.69) is 10.6 Å². The fourth-order valence-electron chi connectivity index (χ4n) is 2.00. The van der Waals surface area contributed by atoms with Gasteiger partial charge in [-0.3, -0.25) is 14.4 Å². The lowest BCUT2D eigenvalue weighted by atomic mass is 10.1. The minimum atomic E-state index is -0.754. The van der Waals surface area contributed by atoms with Crippen LogP contribution < -0.4 is 10.6 Å². The first-order chi connectivity index (χ1) is 11.9. The number of carbonyl (C=O) groups excluding carboxylic acids is 3. The van der Waals surface area contributed by atoms with Gasteiger partial charge in [0.25, 0.3) is 11.8 Å². The van der Waals surface area contributed by atoms with E-state index in [4.69, 9.17) is 4.74 Å². The Balaban J connectivity index is 1.73. The molecule has 0 atom stereocenters. The third kappa shape index (κ3) is 6.06. The predicted molar refractivity (Wildman–Crippen MR) is 89.5 cm³/mol. The first kappa shape index (κ1) is 18.1. The number of hydrogen-bond acceptors (Lipinski definition) is 4. The molecule has 0 aromatic heterocycles. The van der Waals surface area contributed by atoms with Gasteiger partial charge < -0.3 is 15.4 Å². The van der Waals surface area contributed by atoms with E-state index in [1.54, 1.807) is 18.2 Å². The molecule has 0 radical (unpaired) electrons. The van der Waals surface area contributed by atoms with Gasteiger partial charge in [-0.15, -0.1) is 0 Å². The maximum Gasteiger partial charge on any atom is 0.325 e. The molecule has 2 aromatic carbocycles. The van der Waals surface area contributed by atoms with Gasteiger partial charge in [-0.05, 0) is 37.3 Å². The number of ether oxygens (including phenoxy) is 1. The summed E-state index contributed by atoms with van der Waals surface area (Å²) in [7, 11) is 0. The van der Waals surface area contributed by atoms with Gasteiger partial charge in [0, 0.05) is 11.3 Å². The molecule has 0 bridgehead atoms. The number of carbonyl (C=O) groups is 3. The topological polar surface area (TPSA) is 84.5 Å². The van der Waals surface area contributed by atoms with Crippen molar-refractivity contribution in [3.63, 3.8) is 0 Å². The van der Waals surface area contributed by atoms with E-state index >= 15 is 0 Å². The van der Waals surface area contributed by atoms with Crippen LogP contribution in [0.3, 0.4) is 0 Å². The summed E-state index contributed by atoms with van der Waals surface area (Å²) in [6, 6.07) is 12.2. The van der Waals surface area contributed by atoms with Crippen LogP contribution in [0, 0.1) is 12.7 Å². The SMILES string of the molecule is Cc1cccc(C(=O)NCC(=O)OCC(=O)Nc2cccc(F)c2)c1. The fraction of sp³-hybridized carbons (Fsp3) is 0.167. The summed E-state index contributed by atoms with van der Waals surface area (Å²) in [5.74, 6) is -2.27. The van der Waals surface area contributed by atoms with E-state index in [-0.39, 0.29) is 12.2 Å². The van der Waals surface area contributed by atoms with Gasteiger partial charge in [0.1, 0.15) is 12.4 Å². The van der Waals surface area contributed by atoms with Gasteiger partial charge in [-0.2, -0.15) is 0 Å². The predicted octanol–water partition coefficient (Wildman–Crippen LogP) is 2.05. The molecule has 0 fully saturated rings. The van der Waals surface area contributed by atoms with Gasteiger partial charge in [-0.1, -0.05) is 23.8 Å². The van der Waals surface area contributed by atoms with Crippen molar-refractivity contribution in [3.05, 3.63) is 65.5 Å². The number of anilines is 1. The highest BCUT2D eigenvalue weighted by Gasteiger charge is 2.11. The van der Waals surface area contributed by atoms with Gasteiger partial charge >= 0.3 is 5.97 Å². The van der Waals surface area contributed by atoms with Gasteiger partial charge in [0.15, 0.2) is 6.61 Å². The van der Waals surface area contributed by atoms with Crippen LogP contribution in [0.2, 0.25) is 0 Å². The molecule has 2 amide bonds. The molecule has 0 unspecified atom stereocenters. The third-order valence-corrected chi connectivity index (χ3v) is 3.15. The first-order valence-corrected chi connectivity index (χ1v) is 7.50. The summed E-state index contributed by atoms with van der Waals surface area (Å²) in [6.45, 7) is 0.956. The molecule has 0 heterocycles. The van der Waals surface area contributed by atoms with E-state index in [9.17, 15) is 18.8 Å². The Kier molecular flexibility index (Phi) is 6.22. The quantitative estimate of drug-likeness (QED) is 0.786. The molecule has 2 N–H and O–H groups in total. The minimum absolute atomic E-state index is 0.258. The molecule has 0 saturated carbocycles. The zero-order valence-electron chi connectivity index (χ0n) is 13.5. The Morgan fingerprint density at radius 2 is 1.84 bits per heavy atom. The van der Waals surface area contributed by atoms with Crippen LogP contribution in [-0.4, -0.2) is 30.9 Å². The van der Waals surface area contributed by atoms with Crippen LogP contribution in [0.5, 0.6) is 0 Å². The second-order valence-electron chi connectivity index (χ2n) is 5.27. The maximum atomic E-state index is 13.0. The second-order valence-corrected chi connectivity index (χ2v) is 5.27. The number of rotatable bonds is 6. The average Bonchev–Trinajstić information content (AvgIpc) is 2.58. The molecular weight excluding hydrogens is 327 g/mol. The number of nitrogens with one attached hydrogen (secondary N) is 2. The van der Waals surface area contributed by atoms with Crippen LogP contribution in [-0.2, 0) is 14.3 Å². The summed E-state index contributed by atoms with van der Waals surface area (Å²) in [6.07, 6.45) is 0. The molecule has 6 nitrogen and oxygen atoms in total. The largest absolute Gasteiger partial charge is 0.454 e. The molecule has 7 heteroatoms. The molecule has 0 aliphatic carbocycles. The Morgan fingerprint density at radius 1 is 1.08 bits per heavy atom. The lowest BCUT2D eigenvalue weighted by Crippen LogP contribution is -2.32. The number of amides is 2. The highest BCUT2D eigenvalue weighted by molar-refractivity contribution is 5.96. The second kappa shape index (κ2) is 8.58. The number of aryl methyl sites for hydroxylation is 1. The van der Waals surface area contributed by atoms with Crippen LogP contribution in [0.15, 0.2) is 48.5 Å². The van der Waals surface area contributed by atoms with E-state index < -0.39 is 30.2 Å². The van der Waals surface area contributed by atoms with E-state index in [1.807, 2.05) is 13.0 Å². The summed E-state index contributed by atoms with van der Waals surface area (Å²) in [5.41, 5.74) is 1.61. The molecule has 25 heavy (non-hydrogen) atoms. The van der Waals surface area contributed by atoms with Crippen molar-refractivity contribution in [1.29, 1.82) is 0 Å². The first-order valence-electron chi connectivity index (χ1n) is 7.50. The standard InChI is InChI=1S/C18H17FN2O4/c1-12-4-2-5-13(8-12)18(24)20-10-17(23)25-11-16(22)21-15-7-3-6-14(19)9-15/h2-9H,10-11H2,1H3,(H,20,24)(H,21,22). The van der Waals surface area contributed by atoms with E-state index in [0.29, 0.717) is 5.56 Å². The van der Waals surface area contributed by atoms with Crippen molar-refractivity contribution < 1.29 is 23.5 Å². The summed E-state index contributed by atoms with van der Waals surface area (Å²) in [5, 5.41) is 4.80. The fourth-order valence-corrected chi connectivity index (χ4v) is 2.00. The van der Waals surface area contributed by atoms with Crippen LogP contribution in [0.1, 0.15) is 15.9 Å². The number of hydrogen-bond donors (Lipinski definition) is 2. The van der Waals surface area contributed by atoms with Crippen molar-refractivity contribution in [2.75, 3.05) is 18.5 Å². The van der Waals surface area contributed by atoms with E-state index in [1.165, 1.54) is 18.2 Å². The number of benzene rings is 2. The lowest BCUT2D eigenvalue weighted by molar-refractivity contribution is -0.146. The van der Waals surface area contributed by atoms with Crippen molar-refractivity contribution in [2.45, 2.75) is 6.92 Å². The zero-order chi connectivity index (χ0) is 18.2. The number of halogens is 1. The van der Waals surface area contributed by atoms with E-state index in [0.717, 1.165) is 11.6 Å². The Morgan fingerprint density at radius 3 is 2.56 bits per heavy atom. The van der Waals surface area contributed by atoms with Crippen LogP contribution >= 0.6 is 0 Å². The van der Waals surface area contributed by atoms with Crippen molar-refractivity contribution >= 4 is 23.5 Å². The molecule has 0 aliphatic rings. The Hall–Kier alpha value is -3.22. The zero-order valence-corrected chi connectivity index (χ0v) is 13.5. The van der Waals surface area contributed by atoms with Crippen LogP contribution in [0.4, 0.5) is 10.1 Å². The molecule has 0 spiro atoms. The summed E-state index contributed by atoms with van der Waals surface area (Å²) < 4.78 is 17.8. The molecule has 2 rings (SSSR count). The van der Waals surface area contributed by atoms with Crippen molar-refractivity contribution in [1.82, 2.24) is 5.32 Å². The smallest absolute Gasteiger partial charge is 0.325 e. The van der Waals surface area contributed by atoms with Crippen molar-refractivity contribution in [2.24, 2.45) is 0 Å². The van der Waals surface area contributed by atoms with Gasteiger partial charge in [0.2, 0.25) is 0 Å². The lowest BCUT2D eigenvalue weighted by Gasteiger charge is -2.08. The monoisotopic (exact) mass is 344 g/mol. The van der Waals surface area contributed by atoms with Crippen LogP contribution in [0.25, 0.3) is 0 Å².